The number of benzene rings is 2. The van der Waals surface area contributed by atoms with E-state index in [4.69, 9.17) is 4.74 Å². The van der Waals surface area contributed by atoms with E-state index < -0.39 is 35.1 Å². The quantitative estimate of drug-likeness (QED) is 0.686. The summed E-state index contributed by atoms with van der Waals surface area (Å²) in [4.78, 5) is 28.9. The number of fused-ring (bicyclic) bond motifs is 3. The van der Waals surface area contributed by atoms with Crippen LogP contribution in [0.4, 0.5) is 23.7 Å². The number of H-pyrrole nitrogens is 1. The third kappa shape index (κ3) is 3.44. The standard InChI is InChI=1S/C20H16F3N3O3/c1-26(20(28)24-11-4-2-10(21)3-5-11)17-9-29-8-16-18(17)12-6-14(22)15(23)7-13(12)19(27)25-16/h2-7,17H,8-9H2,1H3,(H,24,28)(H,25,27)/t17-/m1/s1. The Morgan fingerprint density at radius 3 is 2.48 bits per heavy atom. The molecular weight excluding hydrogens is 387 g/mol. The Morgan fingerprint density at radius 1 is 1.14 bits per heavy atom. The van der Waals surface area contributed by atoms with Crippen molar-refractivity contribution in [3.63, 3.8) is 0 Å². The van der Waals surface area contributed by atoms with Gasteiger partial charge in [0.15, 0.2) is 11.6 Å². The van der Waals surface area contributed by atoms with Gasteiger partial charge in [-0.3, -0.25) is 4.79 Å². The topological polar surface area (TPSA) is 74.4 Å². The van der Waals surface area contributed by atoms with Crippen LogP contribution in [-0.2, 0) is 11.3 Å². The van der Waals surface area contributed by atoms with Crippen LogP contribution in [0, 0.1) is 17.5 Å². The summed E-state index contributed by atoms with van der Waals surface area (Å²) < 4.78 is 46.1. The Bertz CT molecular complexity index is 1160. The van der Waals surface area contributed by atoms with E-state index in [9.17, 15) is 22.8 Å². The Hall–Kier alpha value is -3.33. The van der Waals surface area contributed by atoms with E-state index in [-0.39, 0.29) is 24.0 Å². The lowest BCUT2D eigenvalue weighted by Gasteiger charge is -2.33. The first-order valence-electron chi connectivity index (χ1n) is 8.76. The highest BCUT2D eigenvalue weighted by molar-refractivity contribution is 5.91. The highest BCUT2D eigenvalue weighted by atomic mass is 19.2. The van der Waals surface area contributed by atoms with Crippen LogP contribution in [0.1, 0.15) is 17.3 Å². The van der Waals surface area contributed by atoms with Crippen LogP contribution in [0.5, 0.6) is 0 Å². The molecule has 2 amide bonds. The number of aromatic amines is 1. The molecule has 6 nitrogen and oxygen atoms in total. The number of anilines is 1. The largest absolute Gasteiger partial charge is 0.373 e. The number of carbonyl (C=O) groups is 1. The molecule has 0 aliphatic carbocycles. The highest BCUT2D eigenvalue weighted by Gasteiger charge is 2.31. The molecule has 1 atom stereocenters. The molecule has 29 heavy (non-hydrogen) atoms. The van der Waals surface area contributed by atoms with E-state index >= 15 is 0 Å². The Kier molecular flexibility index (Phi) is 4.75. The zero-order valence-corrected chi connectivity index (χ0v) is 15.3. The number of amides is 2. The van der Waals surface area contributed by atoms with E-state index in [0.29, 0.717) is 16.9 Å². The molecule has 3 aromatic rings. The summed E-state index contributed by atoms with van der Waals surface area (Å²) in [5.41, 5.74) is 0.702. The molecule has 1 aliphatic heterocycles. The Morgan fingerprint density at radius 2 is 1.79 bits per heavy atom. The lowest BCUT2D eigenvalue weighted by atomic mass is 9.95. The summed E-state index contributed by atoms with van der Waals surface area (Å²) in [6.45, 7) is 0.171. The molecule has 4 rings (SSSR count). The van der Waals surface area contributed by atoms with Gasteiger partial charge in [-0.05, 0) is 41.8 Å². The molecule has 9 heteroatoms. The minimum atomic E-state index is -1.13. The van der Waals surface area contributed by atoms with Gasteiger partial charge in [0.1, 0.15) is 5.82 Å². The summed E-state index contributed by atoms with van der Waals surface area (Å²) in [5, 5.41) is 2.84. The van der Waals surface area contributed by atoms with Gasteiger partial charge in [-0.25, -0.2) is 18.0 Å². The summed E-state index contributed by atoms with van der Waals surface area (Å²) in [5.74, 6) is -2.65. The maximum atomic E-state index is 13.9. The van der Waals surface area contributed by atoms with Crippen LogP contribution >= 0.6 is 0 Å². The number of ether oxygens (including phenoxy) is 1. The predicted molar refractivity (Wildman–Crippen MR) is 100 cm³/mol. The lowest BCUT2D eigenvalue weighted by molar-refractivity contribution is 0.0527. The average molecular weight is 403 g/mol. The fraction of sp³-hybridized carbons (Fsp3) is 0.200. The highest BCUT2D eigenvalue weighted by Crippen LogP contribution is 2.33. The first-order chi connectivity index (χ1) is 13.8. The van der Waals surface area contributed by atoms with E-state index in [1.165, 1.54) is 36.2 Å². The van der Waals surface area contributed by atoms with Crippen molar-refractivity contribution in [2.24, 2.45) is 0 Å². The number of carbonyl (C=O) groups excluding carboxylic acids is 1. The summed E-state index contributed by atoms with van der Waals surface area (Å²) in [6.07, 6.45) is 0. The van der Waals surface area contributed by atoms with Crippen LogP contribution in [-0.4, -0.2) is 29.6 Å². The van der Waals surface area contributed by atoms with Crippen molar-refractivity contribution in [3.05, 3.63) is 75.5 Å². The molecule has 0 saturated heterocycles. The molecule has 0 spiro atoms. The average Bonchev–Trinajstić information content (AvgIpc) is 2.70. The van der Waals surface area contributed by atoms with E-state index in [0.717, 1.165) is 12.1 Å². The van der Waals surface area contributed by atoms with Gasteiger partial charge < -0.3 is 19.9 Å². The smallest absolute Gasteiger partial charge is 0.322 e. The van der Waals surface area contributed by atoms with Crippen LogP contribution in [0.15, 0.2) is 41.2 Å². The van der Waals surface area contributed by atoms with Crippen molar-refractivity contribution in [2.75, 3.05) is 19.0 Å². The van der Waals surface area contributed by atoms with Crippen molar-refractivity contribution in [1.29, 1.82) is 0 Å². The van der Waals surface area contributed by atoms with Crippen LogP contribution < -0.4 is 10.9 Å². The first kappa shape index (κ1) is 19.0. The molecule has 2 N–H and O–H groups in total. The third-order valence-electron chi connectivity index (χ3n) is 4.92. The fourth-order valence-electron chi connectivity index (χ4n) is 3.43. The first-order valence-corrected chi connectivity index (χ1v) is 8.76. The number of nitrogens with one attached hydrogen (secondary N) is 2. The molecule has 1 aliphatic rings. The van der Waals surface area contributed by atoms with Gasteiger partial charge in [-0.1, -0.05) is 0 Å². The van der Waals surface area contributed by atoms with Crippen molar-refractivity contribution in [2.45, 2.75) is 12.6 Å². The molecule has 0 fully saturated rings. The fourth-order valence-corrected chi connectivity index (χ4v) is 3.43. The summed E-state index contributed by atoms with van der Waals surface area (Å²) in [6, 6.07) is 5.88. The van der Waals surface area contributed by atoms with Crippen molar-refractivity contribution >= 4 is 22.5 Å². The van der Waals surface area contributed by atoms with Crippen LogP contribution in [0.2, 0.25) is 0 Å². The second kappa shape index (κ2) is 7.25. The van der Waals surface area contributed by atoms with Crippen molar-refractivity contribution in [3.8, 4) is 0 Å². The third-order valence-corrected chi connectivity index (χ3v) is 4.92. The minimum Gasteiger partial charge on any atom is -0.373 e. The molecule has 0 bridgehead atoms. The molecule has 0 saturated carbocycles. The predicted octanol–water partition coefficient (Wildman–Crippen LogP) is 3.68. The number of rotatable bonds is 2. The van der Waals surface area contributed by atoms with Gasteiger partial charge in [0.2, 0.25) is 0 Å². The van der Waals surface area contributed by atoms with E-state index in [2.05, 4.69) is 10.3 Å². The van der Waals surface area contributed by atoms with Gasteiger partial charge in [-0.15, -0.1) is 0 Å². The molecular formula is C20H16F3N3O3. The van der Waals surface area contributed by atoms with Crippen molar-refractivity contribution in [1.82, 2.24) is 9.88 Å². The number of urea groups is 1. The maximum Gasteiger partial charge on any atom is 0.322 e. The number of likely N-dealkylation sites (N-methyl/N-ethyl adjacent to an activating group) is 1. The Balaban J connectivity index is 1.74. The molecule has 150 valence electrons. The molecule has 2 aromatic carbocycles. The summed E-state index contributed by atoms with van der Waals surface area (Å²) in [7, 11) is 1.51. The van der Waals surface area contributed by atoms with E-state index in [1.54, 1.807) is 0 Å². The second-order valence-electron chi connectivity index (χ2n) is 6.74. The maximum absolute atomic E-state index is 13.9. The van der Waals surface area contributed by atoms with Gasteiger partial charge in [0.25, 0.3) is 5.56 Å². The number of aromatic nitrogens is 1. The molecule has 0 unspecified atom stereocenters. The van der Waals surface area contributed by atoms with Gasteiger partial charge in [-0.2, -0.15) is 0 Å². The zero-order valence-electron chi connectivity index (χ0n) is 15.3. The van der Waals surface area contributed by atoms with Crippen LogP contribution in [0.3, 0.4) is 0 Å². The van der Waals surface area contributed by atoms with E-state index in [1.807, 2.05) is 0 Å². The van der Waals surface area contributed by atoms with Crippen LogP contribution in [0.25, 0.3) is 10.8 Å². The number of nitrogens with zero attached hydrogens (tertiary/aromatic N) is 1. The molecule has 0 radical (unpaired) electrons. The zero-order chi connectivity index (χ0) is 20.7. The second-order valence-corrected chi connectivity index (χ2v) is 6.74. The lowest BCUT2D eigenvalue weighted by Crippen LogP contribution is -2.39. The minimum absolute atomic E-state index is 0.0121. The number of halogens is 3. The van der Waals surface area contributed by atoms with Gasteiger partial charge >= 0.3 is 6.03 Å². The molecule has 2 heterocycles. The number of hydrogen-bond acceptors (Lipinski definition) is 3. The normalized spacial score (nSPS) is 15.8. The van der Waals surface area contributed by atoms with Crippen molar-refractivity contribution < 1.29 is 22.7 Å². The number of hydrogen-bond donors (Lipinski definition) is 2. The Labute approximate surface area is 162 Å². The van der Waals surface area contributed by atoms with Gasteiger partial charge in [0, 0.05) is 24.0 Å². The van der Waals surface area contributed by atoms with Gasteiger partial charge in [0.05, 0.1) is 24.6 Å². The molecule has 1 aromatic heterocycles. The monoisotopic (exact) mass is 403 g/mol. The summed E-state index contributed by atoms with van der Waals surface area (Å²) >= 11 is 0. The number of pyridine rings is 1. The SMILES string of the molecule is CN(C(=O)Nc1ccc(F)cc1)[C@@H]1COCc2[nH]c(=O)c3cc(F)c(F)cc3c21.